The van der Waals surface area contributed by atoms with Gasteiger partial charge in [0.1, 0.15) is 0 Å². The van der Waals surface area contributed by atoms with Gasteiger partial charge in [-0.25, -0.2) is 4.68 Å². The van der Waals surface area contributed by atoms with Crippen molar-refractivity contribution in [2.45, 2.75) is 13.6 Å². The zero-order valence-corrected chi connectivity index (χ0v) is 16.8. The van der Waals surface area contributed by atoms with E-state index in [4.69, 9.17) is 23.8 Å². The van der Waals surface area contributed by atoms with Crippen LogP contribution in [0.1, 0.15) is 5.56 Å². The number of hydrogen-bond acceptors (Lipinski definition) is 4. The lowest BCUT2D eigenvalue weighted by molar-refractivity contribution is 0.194. The van der Waals surface area contributed by atoms with Gasteiger partial charge in [0.25, 0.3) is 0 Å². The number of rotatable bonds is 4. The van der Waals surface area contributed by atoms with Crippen LogP contribution in [-0.4, -0.2) is 45.8 Å². The third kappa shape index (κ3) is 4.08. The minimum absolute atomic E-state index is 0.585. The Balaban J connectivity index is 1.42. The molecule has 5 nitrogen and oxygen atoms in total. The fourth-order valence-electron chi connectivity index (χ4n) is 3.43. The minimum atomic E-state index is 0.585. The summed E-state index contributed by atoms with van der Waals surface area (Å²) in [7, 11) is 0. The van der Waals surface area contributed by atoms with Crippen LogP contribution in [0.5, 0.6) is 0 Å². The Morgan fingerprint density at radius 3 is 2.56 bits per heavy atom. The highest BCUT2D eigenvalue weighted by atomic mass is 35.5. The zero-order chi connectivity index (χ0) is 18.8. The third-order valence-electron chi connectivity index (χ3n) is 4.95. The molecule has 1 aliphatic rings. The van der Waals surface area contributed by atoms with Gasteiger partial charge in [0.2, 0.25) is 4.77 Å². The molecule has 0 saturated carbocycles. The molecule has 0 atom stereocenters. The molecule has 0 amide bonds. The minimum Gasteiger partial charge on any atom is -0.369 e. The molecule has 1 aliphatic heterocycles. The number of benzene rings is 2. The molecule has 0 bridgehead atoms. The first-order valence-electron chi connectivity index (χ1n) is 9.06. The van der Waals surface area contributed by atoms with Gasteiger partial charge in [0, 0.05) is 42.5 Å². The van der Waals surface area contributed by atoms with E-state index < -0.39 is 0 Å². The summed E-state index contributed by atoms with van der Waals surface area (Å²) in [6.07, 6.45) is 0. The quantitative estimate of drug-likeness (QED) is 0.662. The molecule has 0 unspecified atom stereocenters. The SMILES string of the molecule is Cc1ccc(Cl)cc1N1CCN(Cn2[nH]c(-c3ccccc3)nc2=S)CC1. The largest absolute Gasteiger partial charge is 0.369 e. The molecule has 7 heteroatoms. The third-order valence-corrected chi connectivity index (χ3v) is 5.50. The van der Waals surface area contributed by atoms with Crippen LogP contribution in [0, 0.1) is 11.7 Å². The Morgan fingerprint density at radius 2 is 1.81 bits per heavy atom. The van der Waals surface area contributed by atoms with Gasteiger partial charge < -0.3 is 4.90 Å². The van der Waals surface area contributed by atoms with E-state index in [0.29, 0.717) is 4.77 Å². The predicted molar refractivity (Wildman–Crippen MR) is 113 cm³/mol. The van der Waals surface area contributed by atoms with Crippen molar-refractivity contribution in [1.82, 2.24) is 19.7 Å². The van der Waals surface area contributed by atoms with E-state index in [1.165, 1.54) is 11.3 Å². The second-order valence-electron chi connectivity index (χ2n) is 6.83. The number of aryl methyl sites for hydroxylation is 1. The van der Waals surface area contributed by atoms with Crippen LogP contribution in [0.25, 0.3) is 11.4 Å². The summed E-state index contributed by atoms with van der Waals surface area (Å²) in [5.41, 5.74) is 3.53. The van der Waals surface area contributed by atoms with Gasteiger partial charge in [-0.15, -0.1) is 0 Å². The van der Waals surface area contributed by atoms with Gasteiger partial charge in [-0.1, -0.05) is 48.0 Å². The van der Waals surface area contributed by atoms with E-state index >= 15 is 0 Å². The maximum atomic E-state index is 6.18. The normalized spacial score (nSPS) is 15.3. The molecule has 3 aromatic rings. The molecule has 1 N–H and O–H groups in total. The number of hydrogen-bond donors (Lipinski definition) is 1. The van der Waals surface area contributed by atoms with Gasteiger partial charge in [-0.05, 0) is 36.8 Å². The highest BCUT2D eigenvalue weighted by Gasteiger charge is 2.19. The van der Waals surface area contributed by atoms with E-state index in [1.807, 2.05) is 41.1 Å². The van der Waals surface area contributed by atoms with Gasteiger partial charge >= 0.3 is 0 Å². The summed E-state index contributed by atoms with van der Waals surface area (Å²) < 4.78 is 2.53. The summed E-state index contributed by atoms with van der Waals surface area (Å²) in [6.45, 7) is 6.72. The molecule has 1 saturated heterocycles. The summed E-state index contributed by atoms with van der Waals surface area (Å²) >= 11 is 11.6. The van der Waals surface area contributed by atoms with Crippen molar-refractivity contribution in [3.05, 3.63) is 63.9 Å². The number of nitrogens with zero attached hydrogens (tertiary/aromatic N) is 4. The van der Waals surface area contributed by atoms with Crippen LogP contribution in [0.3, 0.4) is 0 Å². The summed E-state index contributed by atoms with van der Waals surface area (Å²) in [6, 6.07) is 16.2. The molecular weight excluding hydrogens is 378 g/mol. The highest BCUT2D eigenvalue weighted by Crippen LogP contribution is 2.25. The van der Waals surface area contributed by atoms with E-state index in [9.17, 15) is 0 Å². The molecule has 1 fully saturated rings. The van der Waals surface area contributed by atoms with Crippen LogP contribution >= 0.6 is 23.8 Å². The van der Waals surface area contributed by atoms with Crippen LogP contribution in [-0.2, 0) is 6.67 Å². The van der Waals surface area contributed by atoms with E-state index in [0.717, 1.165) is 49.3 Å². The van der Waals surface area contributed by atoms with Crippen molar-refractivity contribution in [2.24, 2.45) is 0 Å². The Kier molecular flexibility index (Phi) is 5.29. The molecule has 0 radical (unpaired) electrons. The number of nitrogens with one attached hydrogen (secondary N) is 1. The van der Waals surface area contributed by atoms with Crippen molar-refractivity contribution in [3.8, 4) is 11.4 Å². The number of aromatic nitrogens is 3. The van der Waals surface area contributed by atoms with Gasteiger partial charge in [-0.3, -0.25) is 10.00 Å². The number of aromatic amines is 1. The average molecular weight is 400 g/mol. The van der Waals surface area contributed by atoms with Crippen molar-refractivity contribution in [3.63, 3.8) is 0 Å². The van der Waals surface area contributed by atoms with Crippen molar-refractivity contribution in [2.75, 3.05) is 31.1 Å². The first-order chi connectivity index (χ1) is 13.1. The summed E-state index contributed by atoms with van der Waals surface area (Å²) in [4.78, 5) is 9.29. The Hall–Kier alpha value is -2.15. The molecule has 27 heavy (non-hydrogen) atoms. The fraction of sp³-hybridized carbons (Fsp3) is 0.300. The van der Waals surface area contributed by atoms with Gasteiger partial charge in [-0.2, -0.15) is 4.98 Å². The van der Waals surface area contributed by atoms with E-state index in [-0.39, 0.29) is 0 Å². The van der Waals surface area contributed by atoms with Gasteiger partial charge in [0.15, 0.2) is 5.82 Å². The van der Waals surface area contributed by atoms with Crippen molar-refractivity contribution >= 4 is 29.5 Å². The number of piperazine rings is 1. The first-order valence-corrected chi connectivity index (χ1v) is 9.84. The van der Waals surface area contributed by atoms with Gasteiger partial charge in [0.05, 0.1) is 6.67 Å². The van der Waals surface area contributed by atoms with Crippen molar-refractivity contribution < 1.29 is 0 Å². The monoisotopic (exact) mass is 399 g/mol. The number of halogens is 1. The van der Waals surface area contributed by atoms with Crippen LogP contribution in [0.2, 0.25) is 5.02 Å². The summed E-state index contributed by atoms with van der Waals surface area (Å²) in [5.74, 6) is 0.814. The maximum absolute atomic E-state index is 6.18. The standard InChI is InChI=1S/C20H22ClN5S/c1-15-7-8-17(21)13-18(15)25-11-9-24(10-12-25)14-26-20(27)22-19(23-26)16-5-3-2-4-6-16/h2-8,13H,9-12,14H2,1H3,(H,22,23,27). The van der Waals surface area contributed by atoms with Crippen molar-refractivity contribution in [1.29, 1.82) is 0 Å². The second kappa shape index (κ2) is 7.84. The van der Waals surface area contributed by atoms with E-state index in [1.54, 1.807) is 0 Å². The lowest BCUT2D eigenvalue weighted by atomic mass is 10.1. The summed E-state index contributed by atoms with van der Waals surface area (Å²) in [5, 5.41) is 4.12. The predicted octanol–water partition coefficient (Wildman–Crippen LogP) is 4.35. The second-order valence-corrected chi connectivity index (χ2v) is 7.63. The molecule has 1 aromatic heterocycles. The average Bonchev–Trinajstić information content (AvgIpc) is 3.06. The number of anilines is 1. The molecule has 2 heterocycles. The first kappa shape index (κ1) is 18.2. The molecule has 2 aromatic carbocycles. The smallest absolute Gasteiger partial charge is 0.217 e. The zero-order valence-electron chi connectivity index (χ0n) is 15.2. The topological polar surface area (TPSA) is 40.1 Å². The van der Waals surface area contributed by atoms with Crippen LogP contribution in [0.15, 0.2) is 48.5 Å². The lowest BCUT2D eigenvalue weighted by Gasteiger charge is -2.36. The Bertz CT molecular complexity index is 974. The fourth-order valence-corrected chi connectivity index (χ4v) is 3.79. The number of H-pyrrole nitrogens is 1. The van der Waals surface area contributed by atoms with E-state index in [2.05, 4.69) is 38.9 Å². The maximum Gasteiger partial charge on any atom is 0.217 e. The molecular formula is C20H22ClN5S. The van der Waals surface area contributed by atoms with Crippen LogP contribution in [0.4, 0.5) is 5.69 Å². The Labute approximate surface area is 169 Å². The Morgan fingerprint density at radius 1 is 1.07 bits per heavy atom. The van der Waals surface area contributed by atoms with Crippen LogP contribution < -0.4 is 4.90 Å². The molecule has 140 valence electrons. The molecule has 0 aliphatic carbocycles. The lowest BCUT2D eigenvalue weighted by Crippen LogP contribution is -2.47. The molecule has 0 spiro atoms. The molecule has 4 rings (SSSR count). The highest BCUT2D eigenvalue weighted by molar-refractivity contribution is 7.71.